The molecule has 0 unspecified atom stereocenters. The van der Waals surface area contributed by atoms with Crippen LogP contribution in [0.15, 0.2) is 55.4 Å². The minimum Gasteiger partial charge on any atom is -0.356 e. The molecule has 0 spiro atoms. The summed E-state index contributed by atoms with van der Waals surface area (Å²) in [6.07, 6.45) is 10.3. The van der Waals surface area contributed by atoms with E-state index in [0.717, 1.165) is 46.8 Å². The number of fused-ring (bicyclic) bond motifs is 1. The number of aromatic nitrogens is 5. The second-order valence-electron chi connectivity index (χ2n) is 7.33. The second-order valence-corrected chi connectivity index (χ2v) is 7.33. The number of aryl methyl sites for hydroxylation is 1. The summed E-state index contributed by atoms with van der Waals surface area (Å²) in [5.74, 6) is 0.919. The summed E-state index contributed by atoms with van der Waals surface area (Å²) >= 11 is 0. The summed E-state index contributed by atoms with van der Waals surface area (Å²) in [6.45, 7) is 2.01. The first-order valence-corrected chi connectivity index (χ1v) is 9.63. The zero-order valence-electron chi connectivity index (χ0n) is 16.1. The highest BCUT2D eigenvalue weighted by Gasteiger charge is 2.17. The van der Waals surface area contributed by atoms with Crippen molar-refractivity contribution >= 4 is 22.4 Å². The van der Waals surface area contributed by atoms with Gasteiger partial charge in [0.25, 0.3) is 0 Å². The highest BCUT2D eigenvalue weighted by atomic mass is 16.1. The highest BCUT2D eigenvalue weighted by molar-refractivity contribution is 5.98. The van der Waals surface area contributed by atoms with Crippen LogP contribution in [-0.4, -0.2) is 43.4 Å². The van der Waals surface area contributed by atoms with Crippen molar-refractivity contribution in [1.29, 1.82) is 0 Å². The van der Waals surface area contributed by atoms with Crippen LogP contribution in [-0.2, 0) is 13.5 Å². The summed E-state index contributed by atoms with van der Waals surface area (Å²) in [7, 11) is 1.94. The number of Topliss-reactive ketones (excluding diaryl/α,β-unsaturated/α-hetero) is 1. The third-order valence-electron chi connectivity index (χ3n) is 5.33. The molecule has 0 aromatic carbocycles. The highest BCUT2D eigenvalue weighted by Crippen LogP contribution is 2.23. The number of hydrogen-bond donors (Lipinski definition) is 0. The van der Waals surface area contributed by atoms with E-state index in [0.29, 0.717) is 5.56 Å². The summed E-state index contributed by atoms with van der Waals surface area (Å²) in [6, 6.07) is 7.63. The van der Waals surface area contributed by atoms with Gasteiger partial charge in [0.1, 0.15) is 5.82 Å². The SMILES string of the molecule is Cn1cncc1-c1cc2cc(CC(=O)c3ccnc(N4CCC4)c3)ncc2cn1. The van der Waals surface area contributed by atoms with E-state index in [-0.39, 0.29) is 12.2 Å². The number of carbonyl (C=O) groups excluding carboxylic acids is 1. The lowest BCUT2D eigenvalue weighted by atomic mass is 10.0. The summed E-state index contributed by atoms with van der Waals surface area (Å²) in [5.41, 5.74) is 3.20. The summed E-state index contributed by atoms with van der Waals surface area (Å²) in [5, 5.41) is 1.95. The Morgan fingerprint density at radius 3 is 2.66 bits per heavy atom. The number of anilines is 1. The normalized spacial score (nSPS) is 13.5. The molecule has 0 atom stereocenters. The largest absolute Gasteiger partial charge is 0.356 e. The molecular weight excluding hydrogens is 364 g/mol. The van der Waals surface area contributed by atoms with Gasteiger partial charge in [0.15, 0.2) is 5.78 Å². The van der Waals surface area contributed by atoms with E-state index < -0.39 is 0 Å². The molecule has 0 saturated carbocycles. The molecule has 5 heterocycles. The fraction of sp³-hybridized carbons (Fsp3) is 0.227. The molecule has 1 aliphatic rings. The van der Waals surface area contributed by atoms with Gasteiger partial charge in [0.2, 0.25) is 0 Å². The van der Waals surface area contributed by atoms with E-state index in [2.05, 4.69) is 24.8 Å². The monoisotopic (exact) mass is 384 g/mol. The van der Waals surface area contributed by atoms with Gasteiger partial charge in [-0.1, -0.05) is 0 Å². The molecule has 4 aromatic rings. The van der Waals surface area contributed by atoms with Gasteiger partial charge >= 0.3 is 0 Å². The van der Waals surface area contributed by atoms with Crippen molar-refractivity contribution in [3.63, 3.8) is 0 Å². The number of imidazole rings is 1. The maximum Gasteiger partial charge on any atom is 0.169 e. The van der Waals surface area contributed by atoms with Gasteiger partial charge in [-0.05, 0) is 36.1 Å². The van der Waals surface area contributed by atoms with Crippen LogP contribution < -0.4 is 4.90 Å². The number of carbonyl (C=O) groups is 1. The lowest BCUT2D eigenvalue weighted by Crippen LogP contribution is -2.37. The lowest BCUT2D eigenvalue weighted by molar-refractivity contribution is 0.0992. The summed E-state index contributed by atoms with van der Waals surface area (Å²) < 4.78 is 1.93. The fourth-order valence-corrected chi connectivity index (χ4v) is 3.50. The third-order valence-corrected chi connectivity index (χ3v) is 5.33. The van der Waals surface area contributed by atoms with Crippen LogP contribution >= 0.6 is 0 Å². The first-order valence-electron chi connectivity index (χ1n) is 9.63. The zero-order valence-corrected chi connectivity index (χ0v) is 16.1. The number of rotatable bonds is 5. The van der Waals surface area contributed by atoms with E-state index in [1.807, 2.05) is 29.8 Å². The quantitative estimate of drug-likeness (QED) is 0.492. The molecule has 29 heavy (non-hydrogen) atoms. The van der Waals surface area contributed by atoms with Crippen LogP contribution in [0.5, 0.6) is 0 Å². The van der Waals surface area contributed by atoms with Gasteiger partial charge in [-0.3, -0.25) is 14.8 Å². The first kappa shape index (κ1) is 17.5. The molecule has 4 aromatic heterocycles. The minimum absolute atomic E-state index is 0.0435. The Hall–Kier alpha value is -3.61. The molecule has 144 valence electrons. The Labute approximate surface area is 168 Å². The van der Waals surface area contributed by atoms with Gasteiger partial charge in [0.05, 0.1) is 30.3 Å². The van der Waals surface area contributed by atoms with Crippen molar-refractivity contribution in [2.45, 2.75) is 12.8 Å². The standard InChI is InChI=1S/C22H20N6O/c1-27-14-23-13-20(27)19-8-16-7-18(25-11-17(16)12-26-19)10-21(29)15-3-4-24-22(9-15)28-5-2-6-28/h3-4,7-9,11-14H,2,5-6,10H2,1H3. The summed E-state index contributed by atoms with van der Waals surface area (Å²) in [4.78, 5) is 32.5. The number of hydrogen-bond acceptors (Lipinski definition) is 6. The van der Waals surface area contributed by atoms with Gasteiger partial charge in [-0.15, -0.1) is 0 Å². The van der Waals surface area contributed by atoms with Crippen molar-refractivity contribution in [1.82, 2.24) is 24.5 Å². The lowest BCUT2D eigenvalue weighted by Gasteiger charge is -2.32. The minimum atomic E-state index is 0.0435. The van der Waals surface area contributed by atoms with Crippen molar-refractivity contribution in [3.05, 3.63) is 66.6 Å². The Morgan fingerprint density at radius 1 is 1.03 bits per heavy atom. The molecule has 5 rings (SSSR count). The molecule has 0 bridgehead atoms. The van der Waals surface area contributed by atoms with Crippen molar-refractivity contribution in [2.75, 3.05) is 18.0 Å². The van der Waals surface area contributed by atoms with Crippen LogP contribution in [0.2, 0.25) is 0 Å². The van der Waals surface area contributed by atoms with E-state index in [1.54, 1.807) is 37.2 Å². The van der Waals surface area contributed by atoms with E-state index >= 15 is 0 Å². The smallest absolute Gasteiger partial charge is 0.169 e. The predicted octanol–water partition coefficient (Wildman–Crippen LogP) is 3.06. The van der Waals surface area contributed by atoms with Crippen LogP contribution in [0.3, 0.4) is 0 Å². The number of ketones is 1. The van der Waals surface area contributed by atoms with Crippen LogP contribution in [0.1, 0.15) is 22.5 Å². The van der Waals surface area contributed by atoms with Gasteiger partial charge in [-0.2, -0.15) is 0 Å². The van der Waals surface area contributed by atoms with Gasteiger partial charge in [0, 0.05) is 55.4 Å². The molecule has 0 aliphatic carbocycles. The molecule has 1 aliphatic heterocycles. The average molecular weight is 384 g/mol. The molecule has 1 fully saturated rings. The van der Waals surface area contributed by atoms with Crippen LogP contribution in [0.4, 0.5) is 5.82 Å². The maximum atomic E-state index is 12.8. The molecular formula is C22H20N6O. The van der Waals surface area contributed by atoms with Crippen molar-refractivity contribution in [3.8, 4) is 11.4 Å². The Bertz CT molecular complexity index is 1210. The van der Waals surface area contributed by atoms with Crippen molar-refractivity contribution < 1.29 is 4.79 Å². The van der Waals surface area contributed by atoms with E-state index in [1.165, 1.54) is 6.42 Å². The zero-order chi connectivity index (χ0) is 19.8. The second kappa shape index (κ2) is 7.09. The molecule has 7 nitrogen and oxygen atoms in total. The fourth-order valence-electron chi connectivity index (χ4n) is 3.50. The number of nitrogens with zero attached hydrogens (tertiary/aromatic N) is 6. The average Bonchev–Trinajstić information content (AvgIpc) is 3.12. The Balaban J connectivity index is 1.41. The van der Waals surface area contributed by atoms with E-state index in [9.17, 15) is 4.79 Å². The van der Waals surface area contributed by atoms with Crippen LogP contribution in [0, 0.1) is 0 Å². The van der Waals surface area contributed by atoms with Gasteiger partial charge in [-0.25, -0.2) is 9.97 Å². The number of pyridine rings is 3. The molecule has 0 N–H and O–H groups in total. The van der Waals surface area contributed by atoms with Gasteiger partial charge < -0.3 is 9.47 Å². The van der Waals surface area contributed by atoms with Crippen LogP contribution in [0.25, 0.3) is 22.2 Å². The molecule has 0 radical (unpaired) electrons. The molecule has 7 heteroatoms. The molecule has 0 amide bonds. The topological polar surface area (TPSA) is 76.8 Å². The predicted molar refractivity (Wildman–Crippen MR) is 111 cm³/mol. The Morgan fingerprint density at radius 2 is 1.90 bits per heavy atom. The Kier molecular flexibility index (Phi) is 4.27. The van der Waals surface area contributed by atoms with E-state index in [4.69, 9.17) is 0 Å². The maximum absolute atomic E-state index is 12.8. The first-order chi connectivity index (χ1) is 14.2. The molecule has 1 saturated heterocycles. The third kappa shape index (κ3) is 3.35. The van der Waals surface area contributed by atoms with Crippen molar-refractivity contribution in [2.24, 2.45) is 7.05 Å².